The number of carbonyl (C=O) groups is 3. The van der Waals surface area contributed by atoms with Crippen molar-refractivity contribution < 1.29 is 23.5 Å². The highest BCUT2D eigenvalue weighted by Crippen LogP contribution is 2.21. The van der Waals surface area contributed by atoms with Gasteiger partial charge < -0.3 is 19.4 Å². The number of furan rings is 1. The van der Waals surface area contributed by atoms with E-state index in [0.717, 1.165) is 19.3 Å². The maximum Gasteiger partial charge on any atom is 0.325 e. The lowest BCUT2D eigenvalue weighted by Crippen LogP contribution is -2.41. The molecule has 0 unspecified atom stereocenters. The first-order valence-electron chi connectivity index (χ1n) is 9.41. The van der Waals surface area contributed by atoms with Crippen LogP contribution in [0.5, 0.6) is 0 Å². The Morgan fingerprint density at radius 3 is 2.50 bits per heavy atom. The molecule has 2 aromatic rings. The lowest BCUT2D eigenvalue weighted by molar-refractivity contribution is -0.151. The Morgan fingerprint density at radius 2 is 1.82 bits per heavy atom. The molecule has 0 spiro atoms. The van der Waals surface area contributed by atoms with Crippen LogP contribution in [0, 0.1) is 5.92 Å². The zero-order chi connectivity index (χ0) is 19.8. The number of hydrogen-bond acceptors (Lipinski definition) is 5. The maximum atomic E-state index is 12.2. The fourth-order valence-corrected chi connectivity index (χ4v) is 3.27. The van der Waals surface area contributed by atoms with E-state index in [0.29, 0.717) is 19.0 Å². The van der Waals surface area contributed by atoms with E-state index in [2.05, 4.69) is 17.4 Å². The molecule has 0 aliphatic carbocycles. The average molecular weight is 384 g/mol. The van der Waals surface area contributed by atoms with Gasteiger partial charge in [-0.1, -0.05) is 30.3 Å². The second-order valence-corrected chi connectivity index (χ2v) is 6.83. The van der Waals surface area contributed by atoms with E-state index in [1.807, 2.05) is 18.2 Å². The van der Waals surface area contributed by atoms with E-state index in [1.165, 1.54) is 17.9 Å². The molecule has 0 saturated carbocycles. The van der Waals surface area contributed by atoms with Crippen molar-refractivity contribution in [1.29, 1.82) is 0 Å². The number of hydrogen-bond donors (Lipinski definition) is 1. The summed E-state index contributed by atoms with van der Waals surface area (Å²) < 4.78 is 9.90. The SMILES string of the molecule is O=C(CNC(=O)c1ccco1)OCC(=O)N1CCC(Cc2ccccc2)CC1. The van der Waals surface area contributed by atoms with Gasteiger partial charge in [0.15, 0.2) is 12.4 Å². The van der Waals surface area contributed by atoms with Gasteiger partial charge in [-0.05, 0) is 42.9 Å². The van der Waals surface area contributed by atoms with Gasteiger partial charge in [-0.3, -0.25) is 14.4 Å². The molecule has 148 valence electrons. The minimum absolute atomic E-state index is 0.113. The third-order valence-electron chi connectivity index (χ3n) is 4.83. The van der Waals surface area contributed by atoms with Gasteiger partial charge in [-0.2, -0.15) is 0 Å². The van der Waals surface area contributed by atoms with E-state index >= 15 is 0 Å². The van der Waals surface area contributed by atoms with Gasteiger partial charge in [-0.15, -0.1) is 0 Å². The van der Waals surface area contributed by atoms with Crippen molar-refractivity contribution in [1.82, 2.24) is 10.2 Å². The van der Waals surface area contributed by atoms with E-state index in [4.69, 9.17) is 9.15 Å². The van der Waals surface area contributed by atoms with Crippen molar-refractivity contribution in [3.63, 3.8) is 0 Å². The molecule has 2 amide bonds. The Hall–Kier alpha value is -3.09. The number of nitrogens with one attached hydrogen (secondary N) is 1. The van der Waals surface area contributed by atoms with Crippen molar-refractivity contribution >= 4 is 17.8 Å². The van der Waals surface area contributed by atoms with Crippen LogP contribution in [0.4, 0.5) is 0 Å². The highest BCUT2D eigenvalue weighted by Gasteiger charge is 2.23. The number of likely N-dealkylation sites (tertiary alicyclic amines) is 1. The molecule has 1 aromatic heterocycles. The fourth-order valence-electron chi connectivity index (χ4n) is 3.27. The van der Waals surface area contributed by atoms with Crippen molar-refractivity contribution in [2.24, 2.45) is 5.92 Å². The van der Waals surface area contributed by atoms with E-state index in [-0.39, 0.29) is 24.8 Å². The molecule has 7 heteroatoms. The van der Waals surface area contributed by atoms with Crippen LogP contribution in [-0.2, 0) is 20.7 Å². The van der Waals surface area contributed by atoms with Gasteiger partial charge in [0.1, 0.15) is 6.54 Å². The smallest absolute Gasteiger partial charge is 0.325 e. The highest BCUT2D eigenvalue weighted by molar-refractivity contribution is 5.93. The van der Waals surface area contributed by atoms with Crippen LogP contribution in [-0.4, -0.2) is 48.9 Å². The highest BCUT2D eigenvalue weighted by atomic mass is 16.5. The first-order chi connectivity index (χ1) is 13.6. The molecule has 7 nitrogen and oxygen atoms in total. The second kappa shape index (κ2) is 9.73. The first kappa shape index (κ1) is 19.7. The van der Waals surface area contributed by atoms with Crippen LogP contribution in [0.2, 0.25) is 0 Å². The minimum atomic E-state index is -0.660. The summed E-state index contributed by atoms with van der Waals surface area (Å²) in [5.74, 6) is -0.696. The molecule has 2 heterocycles. The Balaban J connectivity index is 1.33. The molecular weight excluding hydrogens is 360 g/mol. The van der Waals surface area contributed by atoms with E-state index < -0.39 is 11.9 Å². The molecule has 1 aromatic carbocycles. The third kappa shape index (κ3) is 5.70. The summed E-state index contributed by atoms with van der Waals surface area (Å²) in [5.41, 5.74) is 1.32. The predicted molar refractivity (Wildman–Crippen MR) is 101 cm³/mol. The van der Waals surface area contributed by atoms with E-state index in [1.54, 1.807) is 11.0 Å². The van der Waals surface area contributed by atoms with Gasteiger partial charge in [0.2, 0.25) is 0 Å². The number of carbonyl (C=O) groups excluding carboxylic acids is 3. The zero-order valence-electron chi connectivity index (χ0n) is 15.6. The maximum absolute atomic E-state index is 12.2. The summed E-state index contributed by atoms with van der Waals surface area (Å²) in [5, 5.41) is 2.38. The van der Waals surface area contributed by atoms with Crippen molar-refractivity contribution in [2.75, 3.05) is 26.2 Å². The summed E-state index contributed by atoms with van der Waals surface area (Å²) in [7, 11) is 0. The van der Waals surface area contributed by atoms with Crippen LogP contribution in [0.3, 0.4) is 0 Å². The lowest BCUT2D eigenvalue weighted by Gasteiger charge is -2.32. The first-order valence-corrected chi connectivity index (χ1v) is 9.41. The number of rotatable bonds is 7. The van der Waals surface area contributed by atoms with Crippen LogP contribution < -0.4 is 5.32 Å². The van der Waals surface area contributed by atoms with Crippen LogP contribution in [0.25, 0.3) is 0 Å². The van der Waals surface area contributed by atoms with Crippen LogP contribution >= 0.6 is 0 Å². The molecule has 0 radical (unpaired) electrons. The topological polar surface area (TPSA) is 88.9 Å². The number of ether oxygens (including phenoxy) is 1. The number of benzene rings is 1. The molecule has 1 aliphatic heterocycles. The molecule has 1 fully saturated rings. The molecule has 1 aliphatic rings. The average Bonchev–Trinajstić information content (AvgIpc) is 3.26. The minimum Gasteiger partial charge on any atom is -0.459 e. The largest absolute Gasteiger partial charge is 0.459 e. The Labute approximate surface area is 163 Å². The van der Waals surface area contributed by atoms with Crippen LogP contribution in [0.1, 0.15) is 29.0 Å². The van der Waals surface area contributed by atoms with Crippen molar-refractivity contribution in [3.8, 4) is 0 Å². The van der Waals surface area contributed by atoms with Gasteiger partial charge >= 0.3 is 5.97 Å². The van der Waals surface area contributed by atoms with Crippen molar-refractivity contribution in [2.45, 2.75) is 19.3 Å². The molecular formula is C21H24N2O5. The second-order valence-electron chi connectivity index (χ2n) is 6.83. The molecule has 0 atom stereocenters. The molecule has 0 bridgehead atoms. The normalized spacial score (nSPS) is 14.5. The Bertz CT molecular complexity index is 780. The zero-order valence-corrected chi connectivity index (χ0v) is 15.6. The number of nitrogens with zero attached hydrogens (tertiary/aromatic N) is 1. The molecule has 1 N–H and O–H groups in total. The lowest BCUT2D eigenvalue weighted by atomic mass is 9.90. The monoisotopic (exact) mass is 384 g/mol. The summed E-state index contributed by atoms with van der Waals surface area (Å²) in [6.07, 6.45) is 4.27. The number of amides is 2. The van der Waals surface area contributed by atoms with Gasteiger partial charge in [0, 0.05) is 13.1 Å². The summed E-state index contributed by atoms with van der Waals surface area (Å²) in [6.45, 7) is 0.719. The predicted octanol–water partition coefficient (Wildman–Crippen LogP) is 2.03. The van der Waals surface area contributed by atoms with E-state index in [9.17, 15) is 14.4 Å². The van der Waals surface area contributed by atoms with Crippen molar-refractivity contribution in [3.05, 3.63) is 60.1 Å². The summed E-state index contributed by atoms with van der Waals surface area (Å²) in [4.78, 5) is 37.4. The van der Waals surface area contributed by atoms with Gasteiger partial charge in [-0.25, -0.2) is 0 Å². The Kier molecular flexibility index (Phi) is 6.84. The number of esters is 1. The van der Waals surface area contributed by atoms with Crippen LogP contribution in [0.15, 0.2) is 53.1 Å². The van der Waals surface area contributed by atoms with Gasteiger partial charge in [0.25, 0.3) is 11.8 Å². The fraction of sp³-hybridized carbons (Fsp3) is 0.381. The summed E-state index contributed by atoms with van der Waals surface area (Å²) in [6, 6.07) is 13.4. The molecule has 1 saturated heterocycles. The number of piperidine rings is 1. The Morgan fingerprint density at radius 1 is 1.07 bits per heavy atom. The quantitative estimate of drug-likeness (QED) is 0.738. The van der Waals surface area contributed by atoms with Gasteiger partial charge in [0.05, 0.1) is 6.26 Å². The summed E-state index contributed by atoms with van der Waals surface area (Å²) >= 11 is 0. The molecule has 28 heavy (non-hydrogen) atoms. The standard InChI is InChI=1S/C21H24N2O5/c24-19(15-28-20(25)14-22-21(26)18-7-4-12-27-18)23-10-8-17(9-11-23)13-16-5-2-1-3-6-16/h1-7,12,17H,8-11,13-15H2,(H,22,26). The molecule has 3 rings (SSSR count). The third-order valence-corrected chi connectivity index (χ3v) is 4.83.